The normalized spacial score (nSPS) is 9.21. The van der Waals surface area contributed by atoms with Crippen LogP contribution >= 0.6 is 66.4 Å². The van der Waals surface area contributed by atoms with Gasteiger partial charge in [-0.2, -0.15) is 13.7 Å². The van der Waals surface area contributed by atoms with Gasteiger partial charge in [0.25, 0.3) is 0 Å². The first-order valence-corrected chi connectivity index (χ1v) is 32.6. The van der Waals surface area contributed by atoms with Gasteiger partial charge in [0.05, 0.1) is 121 Å². The number of benzene rings is 5. The van der Waals surface area contributed by atoms with E-state index in [1.807, 2.05) is 6.07 Å². The van der Waals surface area contributed by atoms with Crippen LogP contribution in [0, 0.1) is 73.7 Å². The number of halogens is 4. The molecular weight excluding hydrogens is 1580 g/mol. The summed E-state index contributed by atoms with van der Waals surface area (Å²) in [5, 5.41) is 86.6. The van der Waals surface area contributed by atoms with Crippen molar-refractivity contribution in [1.29, 1.82) is 10.5 Å². The number of rotatable bonds is 21. The molecule has 44 heteroatoms. The Morgan fingerprint density at radius 1 is 0.554 bits per heavy atom. The van der Waals surface area contributed by atoms with E-state index >= 15 is 0 Å². The number of ether oxygens (including phenoxy) is 10. The summed E-state index contributed by atoms with van der Waals surface area (Å²) in [5.74, 6) is 0.318. The van der Waals surface area contributed by atoms with Gasteiger partial charge < -0.3 is 70.8 Å². The van der Waals surface area contributed by atoms with Crippen LogP contribution in [0.3, 0.4) is 0 Å². The maximum atomic E-state index is 10.8. The quantitative estimate of drug-likeness (QED) is 0.0114. The Morgan fingerprint density at radius 2 is 0.793 bits per heavy atom. The van der Waals surface area contributed by atoms with Crippen LogP contribution in [0.15, 0.2) is 60.7 Å². The minimum atomic E-state index is -4.67. The number of nitrogens with zero attached hydrogens (tertiary/aromatic N) is 7. The molecule has 493 valence electrons. The maximum absolute atomic E-state index is 10.8. The number of aliphatic hydroxyl groups excluding tert-OH is 1. The van der Waals surface area contributed by atoms with Crippen molar-refractivity contribution in [3.8, 4) is 63.6 Å². The Kier molecular flexibility index (Phi) is 55.4. The first kappa shape index (κ1) is 97.2. The van der Waals surface area contributed by atoms with E-state index < -0.39 is 41.0 Å². The molecule has 0 saturated carbocycles. The van der Waals surface area contributed by atoms with Gasteiger partial charge in [0.2, 0.25) is 28.7 Å². The summed E-state index contributed by atoms with van der Waals surface area (Å²) in [6, 6.07) is 15.7. The fraction of sp³-hybridized carbons (Fsp3) is 0.292. The number of methoxy groups -OCH3 is 10. The molecular formula is C48H54BBr4KN7NaO28PS. The Balaban J connectivity index is -0.000000189. The molecule has 92 heavy (non-hydrogen) atoms. The number of carboxylic acids is 1. The predicted octanol–water partition coefficient (Wildman–Crippen LogP) is 4.53. The van der Waals surface area contributed by atoms with Crippen molar-refractivity contribution in [3.63, 3.8) is 0 Å². The number of nitro benzene ring substituents is 5. The number of nitro groups is 5. The molecule has 0 spiro atoms. The average Bonchev–Trinajstić information content (AvgIpc) is 0.930. The molecule has 3 radical (unpaired) electrons. The van der Waals surface area contributed by atoms with Gasteiger partial charge in [0.1, 0.15) is 10.3 Å². The predicted molar refractivity (Wildman–Crippen MR) is 335 cm³/mol. The molecule has 0 aromatic heterocycles. The molecule has 0 aliphatic carbocycles. The third-order valence-electron chi connectivity index (χ3n) is 9.65. The second-order valence-corrected chi connectivity index (χ2v) is 31.7. The van der Waals surface area contributed by atoms with Gasteiger partial charge in [-0.05, 0) is 99.1 Å². The third kappa shape index (κ3) is 36.0. The number of aliphatic carboxylic acids is 1. The molecule has 0 amide bonds. The summed E-state index contributed by atoms with van der Waals surface area (Å²) in [6.07, 6.45) is 0.275. The van der Waals surface area contributed by atoms with E-state index in [9.17, 15) is 60.2 Å². The van der Waals surface area contributed by atoms with E-state index in [4.69, 9.17) is 92.2 Å². The number of hydrogen-bond donors (Lipinski definition) is 4. The summed E-state index contributed by atoms with van der Waals surface area (Å²) in [4.78, 5) is 71.9. The van der Waals surface area contributed by atoms with Gasteiger partial charge in [0, 0.05) is 49.6 Å². The number of carbonyl (C=O) groups excluding carboxylic acids is 1. The Morgan fingerprint density at radius 3 is 1.03 bits per heavy atom. The van der Waals surface area contributed by atoms with Crippen molar-refractivity contribution in [1.82, 2.24) is 0 Å². The summed E-state index contributed by atoms with van der Waals surface area (Å²) >= 11 is 12.7. The molecule has 0 atom stereocenters. The first-order chi connectivity index (χ1) is 41.8. The maximum Gasteiger partial charge on any atom is 1.00 e. The van der Waals surface area contributed by atoms with Crippen LogP contribution in [0.2, 0.25) is 0 Å². The standard InChI is InChI=1S/C10H10N2O4.C10H11NO6.C9H10BrNO4.C9H11NO5.C9H9NO5.CN.B.Br3P.K.Na.H2O4S.H/c1-15-9-6-7(3-4-11)5-8(12(13)14)10(9)16-2;1-16-8-4-6(5-9(12)13)3-7(11(14)15)10(8)17-2;1-14-8-4-6(5-10)3-7(11(12)13)9(8)15-2;2*1-14-8-4-6(5-11)3-7(10(12)13)9(8)15-2;1-2;;1-4(2)3;;;1-5(2,3)4;/h5-6H,3H2,1-2H3;3-4H,5H2,1-2H3,(H,12,13);3-4H,5H2,1-2H3;3-4,11H,5H2,1-2H3;3-5H,1-2H3;;;;;;(H2,1,2,3,4);/q;;;;;-1;;;2*+1;;-1. The van der Waals surface area contributed by atoms with Crippen molar-refractivity contribution in [2.24, 2.45) is 0 Å². The molecule has 5 aromatic carbocycles. The zero-order valence-electron chi connectivity index (χ0n) is 51.3. The second-order valence-electron chi connectivity index (χ2n) is 14.9. The zero-order chi connectivity index (χ0) is 69.5. The summed E-state index contributed by atoms with van der Waals surface area (Å²) in [5.41, 5.74) is 1.01. The number of aldehydes is 1. The van der Waals surface area contributed by atoms with Crippen molar-refractivity contribution in [2.75, 3.05) is 71.1 Å². The summed E-state index contributed by atoms with van der Waals surface area (Å²) < 4.78 is 80.6. The molecule has 0 bridgehead atoms. The van der Waals surface area contributed by atoms with Crippen LogP contribution in [0.25, 0.3) is 0 Å². The van der Waals surface area contributed by atoms with Crippen molar-refractivity contribution >= 4 is 126 Å². The topological polar surface area (TPSA) is 505 Å². The van der Waals surface area contributed by atoms with Gasteiger partial charge in [-0.25, -0.2) is 0 Å². The van der Waals surface area contributed by atoms with Crippen LogP contribution in [-0.2, 0) is 40.0 Å². The van der Waals surface area contributed by atoms with Crippen LogP contribution in [-0.4, -0.2) is 144 Å². The Bertz CT molecular complexity index is 3330. The number of carbonyl (C=O) groups is 2. The largest absolute Gasteiger partial charge is 1.00 e. The smallest absolute Gasteiger partial charge is 1.00 e. The van der Waals surface area contributed by atoms with Gasteiger partial charge >= 0.3 is 126 Å². The van der Waals surface area contributed by atoms with Gasteiger partial charge in [-0.15, -0.1) is 0 Å². The van der Waals surface area contributed by atoms with Crippen molar-refractivity contribution in [3.05, 3.63) is 146 Å². The molecule has 0 unspecified atom stereocenters. The molecule has 0 heterocycles. The Hall–Kier alpha value is -5.90. The van der Waals surface area contributed by atoms with Gasteiger partial charge in [0.15, 0.2) is 28.7 Å². The molecule has 4 N–H and O–H groups in total. The number of nitriles is 1. The van der Waals surface area contributed by atoms with E-state index in [-0.39, 0.29) is 206 Å². The van der Waals surface area contributed by atoms with Crippen LogP contribution in [0.1, 0.15) is 34.0 Å². The summed E-state index contributed by atoms with van der Waals surface area (Å²) in [7, 11) is 8.81. The van der Waals surface area contributed by atoms with Crippen molar-refractivity contribution < 1.29 is 192 Å². The van der Waals surface area contributed by atoms with Crippen LogP contribution < -0.4 is 128 Å². The third-order valence-corrected chi connectivity index (χ3v) is 10.3. The monoisotopic (exact) mass is 1630 g/mol. The number of carboxylic acid groups (broad SMARTS) is 1. The van der Waals surface area contributed by atoms with Crippen LogP contribution in [0.4, 0.5) is 28.4 Å². The first-order valence-electron chi connectivity index (χ1n) is 22.7. The molecule has 0 saturated heterocycles. The molecule has 5 rings (SSSR count). The fourth-order valence-electron chi connectivity index (χ4n) is 6.35. The average molecular weight is 1630 g/mol. The SMILES string of the molecule is BrP(Br)Br.COc1cc(C=O)cc([N+](=O)[O-])c1OC.COc1cc(CBr)cc([N+](=O)[O-])c1OC.COc1cc(CC#N)cc([N+](=O)[O-])c1OC.COc1cc(CC(=O)O)cc([N+](=O)[O-])c1OC.COc1cc(CO)cc([N+](=O)[O-])c1OC.O=S(=O)(O)O.[B].[C-]#N.[H-].[K+].[Na+]. The van der Waals surface area contributed by atoms with Crippen LogP contribution in [0.5, 0.6) is 57.5 Å². The van der Waals surface area contributed by atoms with E-state index in [2.05, 4.69) is 62.4 Å². The minimum absolute atomic E-state index is 0. The molecule has 0 fully saturated rings. The molecule has 0 aliphatic rings. The van der Waals surface area contributed by atoms with E-state index in [0.29, 0.717) is 28.5 Å². The summed E-state index contributed by atoms with van der Waals surface area (Å²) in [6.45, 7) is 4.46. The number of alkyl halides is 1. The van der Waals surface area contributed by atoms with Gasteiger partial charge in [-0.3, -0.25) is 69.3 Å². The van der Waals surface area contributed by atoms with E-state index in [1.54, 1.807) is 12.1 Å². The Labute approximate surface area is 626 Å². The van der Waals surface area contributed by atoms with Gasteiger partial charge in [-0.1, -0.05) is 15.9 Å². The fourth-order valence-corrected chi connectivity index (χ4v) is 6.67. The zero-order valence-corrected chi connectivity index (χ0v) is 63.5. The molecule has 35 nitrogen and oxygen atoms in total. The van der Waals surface area contributed by atoms with E-state index in [0.717, 1.165) is 17.7 Å². The molecule has 0 aliphatic heterocycles. The minimum Gasteiger partial charge on any atom is -1.00 e. The van der Waals surface area contributed by atoms with E-state index in [1.165, 1.54) is 107 Å². The number of hydrogen-bond acceptors (Lipinski definition) is 27. The molecule has 5 aromatic rings. The second kappa shape index (κ2) is 52.5. The number of aliphatic hydroxyl groups is 1. The van der Waals surface area contributed by atoms with Crippen molar-refractivity contribution in [2.45, 2.75) is 24.8 Å².